The van der Waals surface area contributed by atoms with Gasteiger partial charge >= 0.3 is 6.03 Å². The fraction of sp³-hybridized carbons (Fsp3) is 0.375. The van der Waals surface area contributed by atoms with Gasteiger partial charge in [0.05, 0.1) is 11.6 Å². The number of carbonyl (C=O) groups is 1. The van der Waals surface area contributed by atoms with Crippen LogP contribution >= 0.6 is 0 Å². The molecular formula is C24H27FN2O. The molecule has 3 nitrogen and oxygen atoms in total. The number of halogens is 1. The molecule has 1 saturated heterocycles. The summed E-state index contributed by atoms with van der Waals surface area (Å²) in [6.07, 6.45) is 5.76. The third-order valence-corrected chi connectivity index (χ3v) is 6.21. The van der Waals surface area contributed by atoms with E-state index in [0.29, 0.717) is 13.0 Å². The Bertz CT molecular complexity index is 857. The van der Waals surface area contributed by atoms with Crippen molar-refractivity contribution in [2.45, 2.75) is 50.1 Å². The molecule has 2 aromatic carbocycles. The number of urea groups is 1. The van der Waals surface area contributed by atoms with Crippen molar-refractivity contribution in [2.24, 2.45) is 0 Å². The third-order valence-electron chi connectivity index (χ3n) is 6.21. The maximum atomic E-state index is 13.4. The van der Waals surface area contributed by atoms with Crippen LogP contribution in [-0.2, 0) is 5.54 Å². The number of hydrogen-bond acceptors (Lipinski definition) is 1. The zero-order valence-electron chi connectivity index (χ0n) is 16.3. The second kappa shape index (κ2) is 7.42. The molecule has 2 aromatic rings. The van der Waals surface area contributed by atoms with Gasteiger partial charge in [-0.15, -0.1) is 6.58 Å². The summed E-state index contributed by atoms with van der Waals surface area (Å²) in [4.78, 5) is 14.9. The van der Waals surface area contributed by atoms with Gasteiger partial charge in [0, 0.05) is 6.54 Å². The lowest BCUT2D eigenvalue weighted by atomic mass is 9.81. The first-order valence-electron chi connectivity index (χ1n) is 10.1. The largest absolute Gasteiger partial charge is 0.328 e. The molecule has 1 saturated carbocycles. The molecule has 2 amide bonds. The highest BCUT2D eigenvalue weighted by Gasteiger charge is 2.40. The lowest BCUT2D eigenvalue weighted by molar-refractivity contribution is 0.126. The van der Waals surface area contributed by atoms with Gasteiger partial charge in [0.2, 0.25) is 0 Å². The Morgan fingerprint density at radius 1 is 1.21 bits per heavy atom. The second-order valence-electron chi connectivity index (χ2n) is 8.07. The molecule has 2 unspecified atom stereocenters. The molecule has 0 aromatic heterocycles. The maximum Gasteiger partial charge on any atom is 0.318 e. The van der Waals surface area contributed by atoms with Gasteiger partial charge in [0.15, 0.2) is 0 Å². The van der Waals surface area contributed by atoms with E-state index in [-0.39, 0.29) is 17.9 Å². The second-order valence-corrected chi connectivity index (χ2v) is 8.07. The molecular weight excluding hydrogens is 351 g/mol. The molecule has 1 aliphatic heterocycles. The summed E-state index contributed by atoms with van der Waals surface area (Å²) >= 11 is 0. The van der Waals surface area contributed by atoms with E-state index < -0.39 is 5.54 Å². The van der Waals surface area contributed by atoms with Crippen LogP contribution in [0, 0.1) is 5.82 Å². The van der Waals surface area contributed by atoms with Crippen molar-refractivity contribution < 1.29 is 9.18 Å². The number of hydrogen-bond donors (Lipinski definition) is 1. The lowest BCUT2D eigenvalue weighted by Gasteiger charge is -2.44. The van der Waals surface area contributed by atoms with Gasteiger partial charge in [-0.1, -0.05) is 42.5 Å². The average molecular weight is 378 g/mol. The molecule has 1 N–H and O–H groups in total. The molecule has 28 heavy (non-hydrogen) atoms. The van der Waals surface area contributed by atoms with E-state index in [1.807, 2.05) is 11.0 Å². The summed E-state index contributed by atoms with van der Waals surface area (Å²) in [6.45, 7) is 6.57. The molecule has 2 atom stereocenters. The number of rotatable bonds is 6. The van der Waals surface area contributed by atoms with Crippen LogP contribution in [-0.4, -0.2) is 17.5 Å². The summed E-state index contributed by atoms with van der Waals surface area (Å²) in [6, 6.07) is 15.0. The zero-order valence-corrected chi connectivity index (χ0v) is 16.3. The van der Waals surface area contributed by atoms with Crippen molar-refractivity contribution in [3.8, 4) is 0 Å². The van der Waals surface area contributed by atoms with Crippen LogP contribution in [0.25, 0.3) is 0 Å². The van der Waals surface area contributed by atoms with Gasteiger partial charge in [-0.2, -0.15) is 0 Å². The fourth-order valence-electron chi connectivity index (χ4n) is 4.27. The van der Waals surface area contributed by atoms with Gasteiger partial charge in [-0.05, 0) is 67.3 Å². The Balaban J connectivity index is 1.52. The highest BCUT2D eigenvalue weighted by molar-refractivity contribution is 5.77. The molecule has 4 rings (SSSR count). The summed E-state index contributed by atoms with van der Waals surface area (Å²) in [5, 5.41) is 3.20. The van der Waals surface area contributed by atoms with Crippen LogP contribution in [0.15, 0.2) is 61.2 Å². The Kier molecular flexibility index (Phi) is 4.96. The molecule has 2 fully saturated rings. The van der Waals surface area contributed by atoms with E-state index >= 15 is 0 Å². The van der Waals surface area contributed by atoms with E-state index in [0.717, 1.165) is 23.5 Å². The molecule has 1 aliphatic carbocycles. The normalized spacial score (nSPS) is 23.2. The number of carbonyl (C=O) groups excluding carboxylic acids is 1. The van der Waals surface area contributed by atoms with Crippen LogP contribution < -0.4 is 5.32 Å². The van der Waals surface area contributed by atoms with Crippen LogP contribution in [0.5, 0.6) is 0 Å². The average Bonchev–Trinajstić information content (AvgIpc) is 3.54. The standard InChI is InChI=1S/C24H27FN2O/c1-3-14-24(21-10-12-22(25)13-11-21)15-16-27(23(28)26-24)17(2)18-4-6-19(7-5-18)20-8-9-20/h3-7,10-13,17,20H,1,8-9,14-16H2,2H3,(H,26,28). The minimum Gasteiger partial charge on any atom is -0.328 e. The predicted molar refractivity (Wildman–Crippen MR) is 110 cm³/mol. The van der Waals surface area contributed by atoms with Gasteiger partial charge in [-0.25, -0.2) is 9.18 Å². The van der Waals surface area contributed by atoms with Crippen molar-refractivity contribution in [1.82, 2.24) is 10.2 Å². The molecule has 146 valence electrons. The van der Waals surface area contributed by atoms with E-state index in [9.17, 15) is 9.18 Å². The fourth-order valence-corrected chi connectivity index (χ4v) is 4.27. The van der Waals surface area contributed by atoms with E-state index in [1.54, 1.807) is 12.1 Å². The third kappa shape index (κ3) is 3.56. The van der Waals surface area contributed by atoms with E-state index in [1.165, 1.54) is 30.5 Å². The monoisotopic (exact) mass is 378 g/mol. The van der Waals surface area contributed by atoms with Crippen molar-refractivity contribution in [3.05, 3.63) is 83.7 Å². The quantitative estimate of drug-likeness (QED) is 0.647. The topological polar surface area (TPSA) is 32.3 Å². The van der Waals surface area contributed by atoms with Crippen LogP contribution in [0.2, 0.25) is 0 Å². The molecule has 0 bridgehead atoms. The Morgan fingerprint density at radius 3 is 2.46 bits per heavy atom. The molecule has 2 aliphatic rings. The van der Waals surface area contributed by atoms with Crippen molar-refractivity contribution in [3.63, 3.8) is 0 Å². The van der Waals surface area contributed by atoms with Crippen molar-refractivity contribution in [2.75, 3.05) is 6.54 Å². The number of nitrogens with zero attached hydrogens (tertiary/aromatic N) is 1. The first-order valence-corrected chi connectivity index (χ1v) is 10.1. The number of amides is 2. The van der Waals surface area contributed by atoms with E-state index in [2.05, 4.69) is 43.1 Å². The number of benzene rings is 2. The predicted octanol–water partition coefficient (Wildman–Crippen LogP) is 5.65. The maximum absolute atomic E-state index is 13.4. The first kappa shape index (κ1) is 18.7. The SMILES string of the molecule is C=CCC1(c2ccc(F)cc2)CCN(C(C)c2ccc(C3CC3)cc2)C(=O)N1. The summed E-state index contributed by atoms with van der Waals surface area (Å²) in [7, 11) is 0. The molecule has 1 heterocycles. The minimum atomic E-state index is -0.529. The Hall–Kier alpha value is -2.62. The van der Waals surface area contributed by atoms with Gasteiger partial charge in [0.1, 0.15) is 5.82 Å². The molecule has 0 spiro atoms. The lowest BCUT2D eigenvalue weighted by Crippen LogP contribution is -2.58. The van der Waals surface area contributed by atoms with Crippen molar-refractivity contribution in [1.29, 1.82) is 0 Å². The summed E-state index contributed by atoms with van der Waals surface area (Å²) in [5.74, 6) is 0.461. The van der Waals surface area contributed by atoms with Gasteiger partial charge in [0.25, 0.3) is 0 Å². The van der Waals surface area contributed by atoms with Crippen LogP contribution in [0.4, 0.5) is 9.18 Å². The highest BCUT2D eigenvalue weighted by atomic mass is 19.1. The van der Waals surface area contributed by atoms with Crippen molar-refractivity contribution >= 4 is 6.03 Å². The van der Waals surface area contributed by atoms with Gasteiger partial charge in [-0.3, -0.25) is 0 Å². The summed E-state index contributed by atoms with van der Waals surface area (Å²) in [5.41, 5.74) is 2.94. The first-order chi connectivity index (χ1) is 13.5. The van der Waals surface area contributed by atoms with Gasteiger partial charge < -0.3 is 10.2 Å². The number of nitrogens with one attached hydrogen (secondary N) is 1. The zero-order chi connectivity index (χ0) is 19.7. The molecule has 4 heteroatoms. The smallest absolute Gasteiger partial charge is 0.318 e. The van der Waals surface area contributed by atoms with E-state index in [4.69, 9.17) is 0 Å². The van der Waals surface area contributed by atoms with Crippen LogP contribution in [0.1, 0.15) is 61.3 Å². The Labute approximate surface area is 166 Å². The Morgan fingerprint density at radius 2 is 1.89 bits per heavy atom. The molecule has 0 radical (unpaired) electrons. The minimum absolute atomic E-state index is 0.00296. The van der Waals surface area contributed by atoms with Crippen LogP contribution in [0.3, 0.4) is 0 Å². The highest BCUT2D eigenvalue weighted by Crippen LogP contribution is 2.40. The summed E-state index contributed by atoms with van der Waals surface area (Å²) < 4.78 is 13.4.